The molecule has 0 saturated carbocycles. The van der Waals surface area contributed by atoms with Crippen molar-refractivity contribution in [2.45, 2.75) is 23.9 Å². The summed E-state index contributed by atoms with van der Waals surface area (Å²) >= 11 is 5.86. The molecule has 1 aliphatic heterocycles. The fourth-order valence-electron chi connectivity index (χ4n) is 2.90. The molecule has 3 atom stereocenters. The Morgan fingerprint density at radius 3 is 2.00 bits per heavy atom. The van der Waals surface area contributed by atoms with Gasteiger partial charge in [0.05, 0.1) is 31.8 Å². The molecule has 2 aromatic rings. The Balaban J connectivity index is 1.61. The highest BCUT2D eigenvalue weighted by Crippen LogP contribution is 2.34. The number of halogens is 1. The number of carbonyl (C=O) groups excluding carboxylic acids is 2. The third-order valence-corrected chi connectivity index (χ3v) is 4.73. The van der Waals surface area contributed by atoms with Crippen LogP contribution in [0.2, 0.25) is 0 Å². The molecule has 160 valence electrons. The summed E-state index contributed by atoms with van der Waals surface area (Å²) in [5.74, 6) is -0.0452. The van der Waals surface area contributed by atoms with Crippen LogP contribution in [0, 0.1) is 0 Å². The predicted molar refractivity (Wildman–Crippen MR) is 106 cm³/mol. The topological polar surface area (TPSA) is 101 Å². The van der Waals surface area contributed by atoms with Crippen molar-refractivity contribution in [1.82, 2.24) is 0 Å². The molecule has 2 aromatic carbocycles. The van der Waals surface area contributed by atoms with Crippen LogP contribution >= 0.6 is 11.6 Å². The number of aliphatic hydroxyl groups is 1. The molecule has 30 heavy (non-hydrogen) atoms. The molecule has 1 aliphatic rings. The molecule has 9 heteroatoms. The molecule has 1 fully saturated rings. The first-order valence-corrected chi connectivity index (χ1v) is 9.44. The minimum absolute atomic E-state index is 0.179. The summed E-state index contributed by atoms with van der Waals surface area (Å²) in [7, 11) is 3.04. The van der Waals surface area contributed by atoms with Crippen molar-refractivity contribution < 1.29 is 38.4 Å². The quantitative estimate of drug-likeness (QED) is 0.522. The van der Waals surface area contributed by atoms with E-state index in [-0.39, 0.29) is 18.6 Å². The van der Waals surface area contributed by atoms with Crippen molar-refractivity contribution >= 4 is 23.5 Å². The van der Waals surface area contributed by atoms with E-state index >= 15 is 0 Å². The van der Waals surface area contributed by atoms with E-state index in [4.69, 9.17) is 35.3 Å². The Labute approximate surface area is 178 Å². The number of methoxy groups -OCH3 is 2. The normalized spacial score (nSPS) is 22.9. The lowest BCUT2D eigenvalue weighted by molar-refractivity contribution is -0.140. The van der Waals surface area contributed by atoms with Crippen molar-refractivity contribution in [3.05, 3.63) is 59.7 Å². The summed E-state index contributed by atoms with van der Waals surface area (Å²) in [4.78, 5) is 24.7. The lowest BCUT2D eigenvalue weighted by Crippen LogP contribution is -2.32. The second-order valence-corrected chi connectivity index (χ2v) is 7.14. The van der Waals surface area contributed by atoms with E-state index in [0.717, 1.165) is 0 Å². The van der Waals surface area contributed by atoms with Crippen LogP contribution in [0.5, 0.6) is 11.5 Å². The maximum atomic E-state index is 12.4. The molecule has 0 aliphatic carbocycles. The zero-order valence-electron chi connectivity index (χ0n) is 16.4. The van der Waals surface area contributed by atoms with Crippen LogP contribution in [0.3, 0.4) is 0 Å². The van der Waals surface area contributed by atoms with Crippen molar-refractivity contribution in [2.75, 3.05) is 20.8 Å². The zero-order chi connectivity index (χ0) is 21.7. The first kappa shape index (κ1) is 21.9. The second kappa shape index (κ2) is 9.34. The van der Waals surface area contributed by atoms with Gasteiger partial charge in [0.2, 0.25) is 5.25 Å². The molecular formula is C21H21ClO8. The Morgan fingerprint density at radius 1 is 1.00 bits per heavy atom. The summed E-state index contributed by atoms with van der Waals surface area (Å²) in [5, 5.41) is 7.98. The van der Waals surface area contributed by atoms with Gasteiger partial charge in [-0.05, 0) is 48.5 Å². The number of hydrogen-bond acceptors (Lipinski definition) is 8. The van der Waals surface area contributed by atoms with E-state index in [1.807, 2.05) is 0 Å². The van der Waals surface area contributed by atoms with Gasteiger partial charge in [0.15, 0.2) is 0 Å². The van der Waals surface area contributed by atoms with Gasteiger partial charge in [-0.2, -0.15) is 0 Å². The fraction of sp³-hybridized carbons (Fsp3) is 0.333. The first-order valence-electron chi connectivity index (χ1n) is 9.06. The van der Waals surface area contributed by atoms with Crippen molar-refractivity contribution in [3.63, 3.8) is 0 Å². The third kappa shape index (κ3) is 5.41. The maximum Gasteiger partial charge on any atom is 0.338 e. The van der Waals surface area contributed by atoms with E-state index in [1.54, 1.807) is 48.5 Å². The SMILES string of the molecule is COc1ccc(C(=O)OC[C@@H]2OC(O)(Cl)C[C@H]2OC(=O)c2ccc(OC)cc2)cc1. The smallest absolute Gasteiger partial charge is 0.338 e. The van der Waals surface area contributed by atoms with Crippen LogP contribution in [-0.2, 0) is 14.2 Å². The van der Waals surface area contributed by atoms with E-state index in [2.05, 4.69) is 0 Å². The van der Waals surface area contributed by atoms with Crippen LogP contribution in [0.15, 0.2) is 48.5 Å². The van der Waals surface area contributed by atoms with Gasteiger partial charge in [-0.15, -0.1) is 0 Å². The van der Waals surface area contributed by atoms with Crippen LogP contribution in [0.4, 0.5) is 0 Å². The number of ether oxygens (including phenoxy) is 5. The molecule has 0 spiro atoms. The largest absolute Gasteiger partial charge is 0.497 e. The van der Waals surface area contributed by atoms with Crippen LogP contribution in [0.1, 0.15) is 27.1 Å². The lowest BCUT2D eigenvalue weighted by Gasteiger charge is -2.19. The van der Waals surface area contributed by atoms with Crippen LogP contribution < -0.4 is 9.47 Å². The molecule has 3 rings (SSSR count). The minimum Gasteiger partial charge on any atom is -0.497 e. The van der Waals surface area contributed by atoms with Crippen molar-refractivity contribution in [1.29, 1.82) is 0 Å². The highest BCUT2D eigenvalue weighted by atomic mass is 35.5. The molecule has 1 N–H and O–H groups in total. The van der Waals surface area contributed by atoms with Crippen LogP contribution in [0.25, 0.3) is 0 Å². The van der Waals surface area contributed by atoms with Gasteiger partial charge in [0.1, 0.15) is 30.3 Å². The molecule has 1 heterocycles. The summed E-state index contributed by atoms with van der Waals surface area (Å²) in [6.45, 7) is -0.263. The minimum atomic E-state index is -2.03. The molecule has 0 amide bonds. The number of alkyl halides is 1. The molecule has 8 nitrogen and oxygen atoms in total. The average molecular weight is 437 g/mol. The molecule has 0 aromatic heterocycles. The Morgan fingerprint density at radius 2 is 1.50 bits per heavy atom. The molecule has 0 radical (unpaired) electrons. The van der Waals surface area contributed by atoms with E-state index < -0.39 is 29.4 Å². The van der Waals surface area contributed by atoms with E-state index in [0.29, 0.717) is 17.1 Å². The first-order chi connectivity index (χ1) is 14.3. The lowest BCUT2D eigenvalue weighted by atomic mass is 10.1. The number of carbonyl (C=O) groups is 2. The van der Waals surface area contributed by atoms with Gasteiger partial charge >= 0.3 is 11.9 Å². The number of esters is 2. The molecule has 1 saturated heterocycles. The van der Waals surface area contributed by atoms with Gasteiger partial charge < -0.3 is 28.8 Å². The van der Waals surface area contributed by atoms with E-state index in [9.17, 15) is 14.7 Å². The van der Waals surface area contributed by atoms with Gasteiger partial charge in [0, 0.05) is 0 Å². The molecule has 1 unspecified atom stereocenters. The molecule has 0 bridgehead atoms. The predicted octanol–water partition coefficient (Wildman–Crippen LogP) is 2.76. The van der Waals surface area contributed by atoms with Gasteiger partial charge in [-0.25, -0.2) is 9.59 Å². The zero-order valence-corrected chi connectivity index (χ0v) is 17.1. The standard InChI is InChI=1S/C21H21ClO8/c1-26-15-7-3-13(4-8-15)19(23)28-12-18-17(11-21(22,25)30-18)29-20(24)14-5-9-16(27-2)10-6-14/h3-10,17-18,25H,11-12H2,1-2H3/t17-,18+,21?/m1/s1. The highest BCUT2D eigenvalue weighted by molar-refractivity contribution is 6.21. The fourth-order valence-corrected chi connectivity index (χ4v) is 3.16. The number of hydrogen-bond donors (Lipinski definition) is 1. The Kier molecular flexibility index (Phi) is 6.81. The summed E-state index contributed by atoms with van der Waals surface area (Å²) in [5.41, 5.74) is 0.594. The van der Waals surface area contributed by atoms with Gasteiger partial charge in [-0.3, -0.25) is 0 Å². The number of benzene rings is 2. The monoisotopic (exact) mass is 436 g/mol. The van der Waals surface area contributed by atoms with E-state index in [1.165, 1.54) is 14.2 Å². The summed E-state index contributed by atoms with van der Waals surface area (Å²) in [6.07, 6.45) is -2.02. The highest BCUT2D eigenvalue weighted by Gasteiger charge is 2.47. The Hall–Kier alpha value is -2.81. The van der Waals surface area contributed by atoms with Crippen LogP contribution in [-0.4, -0.2) is 55.3 Å². The maximum absolute atomic E-state index is 12.4. The third-order valence-electron chi connectivity index (χ3n) is 4.49. The molecular weight excluding hydrogens is 416 g/mol. The average Bonchev–Trinajstić information content (AvgIpc) is 3.05. The Bertz CT molecular complexity index is 879. The van der Waals surface area contributed by atoms with Gasteiger partial charge in [-0.1, -0.05) is 11.6 Å². The van der Waals surface area contributed by atoms with Gasteiger partial charge in [0.25, 0.3) is 0 Å². The number of rotatable bonds is 7. The van der Waals surface area contributed by atoms with Crippen molar-refractivity contribution in [3.8, 4) is 11.5 Å². The van der Waals surface area contributed by atoms with Crippen molar-refractivity contribution in [2.24, 2.45) is 0 Å². The summed E-state index contributed by atoms with van der Waals surface area (Å²) < 4.78 is 26.1. The summed E-state index contributed by atoms with van der Waals surface area (Å²) in [6, 6.07) is 12.7. The second-order valence-electron chi connectivity index (χ2n) is 6.55.